The Morgan fingerprint density at radius 1 is 1.24 bits per heavy atom. The molecule has 0 radical (unpaired) electrons. The number of benzene rings is 1. The number of aromatic nitrogens is 2. The minimum absolute atomic E-state index is 0.478. The maximum Gasteiger partial charge on any atom is 0.128 e. The number of hydrogen-bond acceptors (Lipinski definition) is 4. The summed E-state index contributed by atoms with van der Waals surface area (Å²) in [6.45, 7) is 2.24. The fraction of sp³-hybridized carbons (Fsp3) is 0.412. The van der Waals surface area contributed by atoms with Gasteiger partial charge in [0.1, 0.15) is 5.75 Å². The van der Waals surface area contributed by atoms with Gasteiger partial charge in [-0.3, -0.25) is 4.98 Å². The summed E-state index contributed by atoms with van der Waals surface area (Å²) in [5.74, 6) is 1.32. The van der Waals surface area contributed by atoms with Gasteiger partial charge in [-0.2, -0.15) is 0 Å². The van der Waals surface area contributed by atoms with Gasteiger partial charge in [-0.15, -0.1) is 0 Å². The second kappa shape index (κ2) is 6.22. The molecule has 21 heavy (non-hydrogen) atoms. The fourth-order valence-corrected chi connectivity index (χ4v) is 2.97. The van der Waals surface area contributed by atoms with Crippen molar-refractivity contribution in [2.75, 3.05) is 27.2 Å². The lowest BCUT2D eigenvalue weighted by molar-refractivity contribution is 0.248. The number of nitrogens with zero attached hydrogens (tertiary/aromatic N) is 3. The Hall–Kier alpha value is -1.94. The number of hydrogen-bond donors (Lipinski definition) is 0. The normalized spacial score (nSPS) is 19.4. The molecule has 0 N–H and O–H groups in total. The maximum absolute atomic E-state index is 5.43. The molecule has 1 fully saturated rings. The molecule has 1 aliphatic heterocycles. The van der Waals surface area contributed by atoms with Crippen LogP contribution in [0.4, 0.5) is 0 Å². The van der Waals surface area contributed by atoms with Crippen LogP contribution >= 0.6 is 0 Å². The third-order valence-corrected chi connectivity index (χ3v) is 4.08. The van der Waals surface area contributed by atoms with Crippen LogP contribution in [-0.4, -0.2) is 42.1 Å². The van der Waals surface area contributed by atoms with E-state index in [1.54, 1.807) is 7.11 Å². The van der Waals surface area contributed by atoms with Crippen LogP contribution in [0.25, 0.3) is 11.3 Å². The van der Waals surface area contributed by atoms with Crippen LogP contribution in [0.3, 0.4) is 0 Å². The molecular formula is C17H21N3O. The highest BCUT2D eigenvalue weighted by Gasteiger charge is 2.21. The van der Waals surface area contributed by atoms with E-state index in [1.165, 1.54) is 19.4 Å². The average molecular weight is 283 g/mol. The Morgan fingerprint density at radius 2 is 2.10 bits per heavy atom. The topological polar surface area (TPSA) is 38.2 Å². The standard InChI is InChI=1S/C17H21N3O/c1-20-9-5-6-13(12-20)15-10-18-11-16(19-15)14-7-3-4-8-17(14)21-2/h3-4,7-8,10-11,13H,5-6,9,12H2,1-2H3/t13-/m0/s1. The van der Waals surface area contributed by atoms with E-state index in [0.717, 1.165) is 29.2 Å². The van der Waals surface area contributed by atoms with E-state index < -0.39 is 0 Å². The molecule has 1 aromatic heterocycles. The van der Waals surface area contributed by atoms with E-state index in [0.29, 0.717) is 5.92 Å². The van der Waals surface area contributed by atoms with Gasteiger partial charge in [0.2, 0.25) is 0 Å². The van der Waals surface area contributed by atoms with Crippen LogP contribution in [-0.2, 0) is 0 Å². The molecule has 0 unspecified atom stereocenters. The third-order valence-electron chi connectivity index (χ3n) is 4.08. The highest BCUT2D eigenvalue weighted by atomic mass is 16.5. The summed E-state index contributed by atoms with van der Waals surface area (Å²) in [7, 11) is 3.86. The van der Waals surface area contributed by atoms with Crippen molar-refractivity contribution in [1.29, 1.82) is 0 Å². The highest BCUT2D eigenvalue weighted by Crippen LogP contribution is 2.30. The molecule has 0 saturated carbocycles. The minimum Gasteiger partial charge on any atom is -0.496 e. The molecule has 110 valence electrons. The van der Waals surface area contributed by atoms with Gasteiger partial charge < -0.3 is 9.64 Å². The molecule has 4 heteroatoms. The summed E-state index contributed by atoms with van der Waals surface area (Å²) in [5, 5.41) is 0. The Kier molecular flexibility index (Phi) is 4.15. The van der Waals surface area contributed by atoms with Gasteiger partial charge in [-0.25, -0.2) is 4.98 Å². The molecule has 1 aromatic carbocycles. The number of para-hydroxylation sites is 1. The van der Waals surface area contributed by atoms with Crippen molar-refractivity contribution in [2.24, 2.45) is 0 Å². The molecule has 2 heterocycles. The minimum atomic E-state index is 0.478. The zero-order valence-corrected chi connectivity index (χ0v) is 12.6. The summed E-state index contributed by atoms with van der Waals surface area (Å²) in [6.07, 6.45) is 6.13. The van der Waals surface area contributed by atoms with Crippen LogP contribution in [0.2, 0.25) is 0 Å². The first kappa shape index (κ1) is 14.0. The molecule has 3 rings (SSSR count). The van der Waals surface area contributed by atoms with Crippen molar-refractivity contribution in [3.05, 3.63) is 42.4 Å². The summed E-state index contributed by atoms with van der Waals surface area (Å²) in [6, 6.07) is 7.95. The third kappa shape index (κ3) is 3.05. The zero-order valence-electron chi connectivity index (χ0n) is 12.6. The van der Waals surface area contributed by atoms with E-state index in [9.17, 15) is 0 Å². The van der Waals surface area contributed by atoms with Gasteiger partial charge in [0, 0.05) is 24.2 Å². The van der Waals surface area contributed by atoms with Crippen LogP contribution in [0.15, 0.2) is 36.7 Å². The lowest BCUT2D eigenvalue weighted by Gasteiger charge is -2.29. The molecule has 0 bridgehead atoms. The van der Waals surface area contributed by atoms with Crippen LogP contribution in [0.5, 0.6) is 5.75 Å². The molecule has 1 aliphatic rings. The van der Waals surface area contributed by atoms with E-state index in [2.05, 4.69) is 16.9 Å². The van der Waals surface area contributed by atoms with E-state index in [-0.39, 0.29) is 0 Å². The van der Waals surface area contributed by atoms with Crippen molar-refractivity contribution in [3.8, 4) is 17.0 Å². The summed E-state index contributed by atoms with van der Waals surface area (Å²) >= 11 is 0. The first-order valence-corrected chi connectivity index (χ1v) is 7.42. The zero-order chi connectivity index (χ0) is 14.7. The molecule has 0 amide bonds. The van der Waals surface area contributed by atoms with Gasteiger partial charge in [0.15, 0.2) is 0 Å². The van der Waals surface area contributed by atoms with Gasteiger partial charge in [-0.1, -0.05) is 12.1 Å². The molecule has 0 spiro atoms. The number of likely N-dealkylation sites (N-methyl/N-ethyl adjacent to an activating group) is 1. The van der Waals surface area contributed by atoms with Crippen LogP contribution < -0.4 is 4.74 Å². The van der Waals surface area contributed by atoms with Crippen LogP contribution in [0.1, 0.15) is 24.5 Å². The number of likely N-dealkylation sites (tertiary alicyclic amines) is 1. The largest absolute Gasteiger partial charge is 0.496 e. The molecule has 1 saturated heterocycles. The highest BCUT2D eigenvalue weighted by molar-refractivity contribution is 5.66. The van der Waals surface area contributed by atoms with E-state index in [4.69, 9.17) is 9.72 Å². The second-order valence-electron chi connectivity index (χ2n) is 5.63. The van der Waals surface area contributed by atoms with Crippen molar-refractivity contribution in [1.82, 2.24) is 14.9 Å². The van der Waals surface area contributed by atoms with Gasteiger partial charge in [-0.05, 0) is 38.6 Å². The van der Waals surface area contributed by atoms with Gasteiger partial charge in [0.25, 0.3) is 0 Å². The molecule has 0 aliphatic carbocycles. The molecule has 2 aromatic rings. The second-order valence-corrected chi connectivity index (χ2v) is 5.63. The van der Waals surface area contributed by atoms with E-state index in [1.807, 2.05) is 36.7 Å². The lowest BCUT2D eigenvalue weighted by atomic mass is 9.95. The Morgan fingerprint density at radius 3 is 2.90 bits per heavy atom. The predicted molar refractivity (Wildman–Crippen MR) is 83.5 cm³/mol. The molecule has 4 nitrogen and oxygen atoms in total. The summed E-state index contributed by atoms with van der Waals surface area (Å²) in [4.78, 5) is 11.6. The Bertz CT molecular complexity index is 614. The smallest absolute Gasteiger partial charge is 0.128 e. The van der Waals surface area contributed by atoms with Gasteiger partial charge >= 0.3 is 0 Å². The molecular weight excluding hydrogens is 262 g/mol. The van der Waals surface area contributed by atoms with Crippen molar-refractivity contribution in [2.45, 2.75) is 18.8 Å². The monoisotopic (exact) mass is 283 g/mol. The van der Waals surface area contributed by atoms with Gasteiger partial charge in [0.05, 0.1) is 24.7 Å². The number of methoxy groups -OCH3 is 1. The average Bonchev–Trinajstić information content (AvgIpc) is 2.55. The Balaban J connectivity index is 1.92. The number of piperidine rings is 1. The summed E-state index contributed by atoms with van der Waals surface area (Å²) in [5.41, 5.74) is 2.97. The quantitative estimate of drug-likeness (QED) is 0.868. The van der Waals surface area contributed by atoms with Crippen LogP contribution in [0, 0.1) is 0 Å². The van der Waals surface area contributed by atoms with Crippen molar-refractivity contribution >= 4 is 0 Å². The van der Waals surface area contributed by atoms with Crippen molar-refractivity contribution in [3.63, 3.8) is 0 Å². The molecule has 1 atom stereocenters. The predicted octanol–water partition coefficient (Wildman–Crippen LogP) is 2.96. The van der Waals surface area contributed by atoms with E-state index >= 15 is 0 Å². The maximum atomic E-state index is 5.43. The van der Waals surface area contributed by atoms with Crippen molar-refractivity contribution < 1.29 is 4.74 Å². The summed E-state index contributed by atoms with van der Waals surface area (Å²) < 4.78 is 5.43. The number of ether oxygens (including phenoxy) is 1. The first-order valence-electron chi connectivity index (χ1n) is 7.42. The first-order chi connectivity index (χ1) is 10.3. The number of rotatable bonds is 3. The Labute approximate surface area is 125 Å². The fourth-order valence-electron chi connectivity index (χ4n) is 2.97. The SMILES string of the molecule is COc1ccccc1-c1cncc([C@H]2CCCN(C)C2)n1. The lowest BCUT2D eigenvalue weighted by Crippen LogP contribution is -2.31.